The lowest BCUT2D eigenvalue weighted by Crippen LogP contribution is -2.12. The Morgan fingerprint density at radius 1 is 1.12 bits per heavy atom. The Morgan fingerprint density at radius 2 is 1.96 bits per heavy atom. The summed E-state index contributed by atoms with van der Waals surface area (Å²) < 4.78 is 11.4. The Balaban J connectivity index is 1.63. The van der Waals surface area contributed by atoms with Crippen LogP contribution < -0.4 is 4.74 Å². The molecule has 0 radical (unpaired) electrons. The second-order valence-corrected chi connectivity index (χ2v) is 6.35. The number of allylic oxidation sites excluding steroid dienone is 1. The van der Waals surface area contributed by atoms with Gasteiger partial charge in [-0.3, -0.25) is 0 Å². The second-order valence-electron chi connectivity index (χ2n) is 6.35. The number of methoxy groups -OCH3 is 1. The zero-order chi connectivity index (χ0) is 16.5. The fourth-order valence-corrected chi connectivity index (χ4v) is 3.34. The first kappa shape index (κ1) is 14.9. The molecule has 1 aliphatic rings. The summed E-state index contributed by atoms with van der Waals surface area (Å²) in [5, 5.41) is 1.27. The van der Waals surface area contributed by atoms with Gasteiger partial charge in [-0.2, -0.15) is 0 Å². The van der Waals surface area contributed by atoms with Gasteiger partial charge >= 0.3 is 0 Å². The highest BCUT2D eigenvalue weighted by molar-refractivity contribution is 5.89. The third kappa shape index (κ3) is 2.67. The molecule has 1 aromatic heterocycles. The van der Waals surface area contributed by atoms with Crippen LogP contribution in [-0.4, -0.2) is 12.1 Å². The summed E-state index contributed by atoms with van der Waals surface area (Å²) in [7, 11) is 1.70. The predicted molar refractivity (Wildman–Crippen MR) is 96.9 cm³/mol. The fraction of sp³-hybridized carbons (Fsp3) is 0.238. The maximum absolute atomic E-state index is 6.10. The molecule has 4 rings (SSSR count). The molecule has 0 aliphatic heterocycles. The summed E-state index contributed by atoms with van der Waals surface area (Å²) in [6.07, 6.45) is 3.14. The van der Waals surface area contributed by atoms with Crippen LogP contribution in [0.3, 0.4) is 0 Å². The van der Waals surface area contributed by atoms with E-state index in [2.05, 4.69) is 42.2 Å². The quantitative estimate of drug-likeness (QED) is 0.740. The first-order valence-electron chi connectivity index (χ1n) is 8.31. The van der Waals surface area contributed by atoms with Crippen LogP contribution in [0.15, 0.2) is 54.3 Å². The van der Waals surface area contributed by atoms with Gasteiger partial charge in [0.05, 0.1) is 7.11 Å². The van der Waals surface area contributed by atoms with Crippen molar-refractivity contribution in [1.82, 2.24) is 4.98 Å². The third-order valence-electron chi connectivity index (χ3n) is 4.68. The maximum atomic E-state index is 6.10. The number of aromatic amines is 1. The van der Waals surface area contributed by atoms with Crippen molar-refractivity contribution in [3.8, 4) is 5.75 Å². The van der Waals surface area contributed by atoms with Crippen LogP contribution in [0.2, 0.25) is 0 Å². The lowest BCUT2D eigenvalue weighted by atomic mass is 9.91. The summed E-state index contributed by atoms with van der Waals surface area (Å²) in [6, 6.07) is 16.5. The van der Waals surface area contributed by atoms with Gasteiger partial charge in [0.15, 0.2) is 0 Å². The zero-order valence-electron chi connectivity index (χ0n) is 14.0. The SMILES string of the molecule is COc1ccc2c3c([nH]c2c1)C=C(OCc1ccccc1)C(C)C3. The van der Waals surface area contributed by atoms with Crippen LogP contribution in [0.4, 0.5) is 0 Å². The minimum Gasteiger partial charge on any atom is -0.497 e. The van der Waals surface area contributed by atoms with Crippen LogP contribution in [0.5, 0.6) is 5.75 Å². The summed E-state index contributed by atoms with van der Waals surface area (Å²) in [6.45, 7) is 2.84. The molecule has 3 nitrogen and oxygen atoms in total. The molecule has 1 aliphatic carbocycles. The Morgan fingerprint density at radius 3 is 2.75 bits per heavy atom. The van der Waals surface area contributed by atoms with Crippen LogP contribution in [-0.2, 0) is 17.8 Å². The maximum Gasteiger partial charge on any atom is 0.120 e. The molecule has 1 atom stereocenters. The molecule has 1 heterocycles. The predicted octanol–water partition coefficient (Wildman–Crippen LogP) is 4.93. The molecule has 0 fully saturated rings. The molecule has 1 N–H and O–H groups in total. The fourth-order valence-electron chi connectivity index (χ4n) is 3.34. The van der Waals surface area contributed by atoms with Gasteiger partial charge in [0.1, 0.15) is 18.1 Å². The normalized spacial score (nSPS) is 16.6. The highest BCUT2D eigenvalue weighted by Crippen LogP contribution is 2.35. The second kappa shape index (κ2) is 6.08. The monoisotopic (exact) mass is 319 g/mol. The van der Waals surface area contributed by atoms with Gasteiger partial charge in [0.2, 0.25) is 0 Å². The number of rotatable bonds is 4. The summed E-state index contributed by atoms with van der Waals surface area (Å²) in [5.41, 5.74) is 4.83. The van der Waals surface area contributed by atoms with E-state index in [4.69, 9.17) is 9.47 Å². The first-order valence-corrected chi connectivity index (χ1v) is 8.31. The molecule has 24 heavy (non-hydrogen) atoms. The van der Waals surface area contributed by atoms with E-state index in [1.54, 1.807) is 7.11 Å². The summed E-state index contributed by atoms with van der Waals surface area (Å²) in [5.74, 6) is 2.30. The molecule has 0 amide bonds. The topological polar surface area (TPSA) is 34.2 Å². The molecule has 0 saturated heterocycles. The highest BCUT2D eigenvalue weighted by Gasteiger charge is 2.22. The molecule has 122 valence electrons. The van der Waals surface area contributed by atoms with E-state index in [1.165, 1.54) is 16.5 Å². The van der Waals surface area contributed by atoms with Crippen LogP contribution in [0, 0.1) is 5.92 Å². The molecular formula is C21H21NO2. The Bertz CT molecular complexity index is 893. The molecule has 0 spiro atoms. The van der Waals surface area contributed by atoms with E-state index >= 15 is 0 Å². The van der Waals surface area contributed by atoms with Gasteiger partial charge in [-0.25, -0.2) is 0 Å². The van der Waals surface area contributed by atoms with Gasteiger partial charge in [-0.15, -0.1) is 0 Å². The average molecular weight is 319 g/mol. The van der Waals surface area contributed by atoms with Crippen LogP contribution in [0.25, 0.3) is 17.0 Å². The van der Waals surface area contributed by atoms with Crippen LogP contribution >= 0.6 is 0 Å². The van der Waals surface area contributed by atoms with E-state index < -0.39 is 0 Å². The molecule has 2 aromatic carbocycles. The van der Waals surface area contributed by atoms with Gasteiger partial charge in [0, 0.05) is 28.6 Å². The van der Waals surface area contributed by atoms with Crippen molar-refractivity contribution in [2.75, 3.05) is 7.11 Å². The standard InChI is InChI=1S/C21H21NO2/c1-14-10-18-17-9-8-16(23-2)11-19(17)22-20(18)12-21(14)24-13-15-6-4-3-5-7-15/h3-9,11-12,14,22H,10,13H2,1-2H3. The molecule has 0 bridgehead atoms. The van der Waals surface area contributed by atoms with Crippen molar-refractivity contribution in [1.29, 1.82) is 0 Å². The first-order chi connectivity index (χ1) is 11.7. The Kier molecular flexibility index (Phi) is 3.77. The summed E-state index contributed by atoms with van der Waals surface area (Å²) >= 11 is 0. The smallest absolute Gasteiger partial charge is 0.120 e. The van der Waals surface area contributed by atoms with Crippen molar-refractivity contribution in [2.24, 2.45) is 5.92 Å². The Labute approximate surface area is 141 Å². The van der Waals surface area contributed by atoms with E-state index in [0.717, 1.165) is 29.1 Å². The van der Waals surface area contributed by atoms with E-state index in [0.29, 0.717) is 12.5 Å². The van der Waals surface area contributed by atoms with Crippen molar-refractivity contribution in [3.05, 3.63) is 71.1 Å². The number of ether oxygens (including phenoxy) is 2. The average Bonchev–Trinajstić information content (AvgIpc) is 2.97. The minimum absolute atomic E-state index is 0.377. The largest absolute Gasteiger partial charge is 0.497 e. The zero-order valence-corrected chi connectivity index (χ0v) is 14.0. The molecule has 3 aromatic rings. The van der Waals surface area contributed by atoms with Gasteiger partial charge in [-0.1, -0.05) is 37.3 Å². The van der Waals surface area contributed by atoms with E-state index in [-0.39, 0.29) is 0 Å². The number of fused-ring (bicyclic) bond motifs is 3. The van der Waals surface area contributed by atoms with Gasteiger partial charge < -0.3 is 14.5 Å². The van der Waals surface area contributed by atoms with E-state index in [1.807, 2.05) is 24.3 Å². The number of benzene rings is 2. The number of H-pyrrole nitrogens is 1. The Hall–Kier alpha value is -2.68. The van der Waals surface area contributed by atoms with Crippen molar-refractivity contribution >= 4 is 17.0 Å². The van der Waals surface area contributed by atoms with Crippen molar-refractivity contribution < 1.29 is 9.47 Å². The van der Waals surface area contributed by atoms with Crippen molar-refractivity contribution in [2.45, 2.75) is 20.0 Å². The summed E-state index contributed by atoms with van der Waals surface area (Å²) in [4.78, 5) is 3.50. The number of nitrogens with one attached hydrogen (secondary N) is 1. The van der Waals surface area contributed by atoms with E-state index in [9.17, 15) is 0 Å². The molecule has 1 unspecified atom stereocenters. The number of hydrogen-bond acceptors (Lipinski definition) is 2. The molecular weight excluding hydrogens is 298 g/mol. The third-order valence-corrected chi connectivity index (χ3v) is 4.68. The molecule has 0 saturated carbocycles. The van der Waals surface area contributed by atoms with Gasteiger partial charge in [-0.05, 0) is 35.8 Å². The number of aromatic nitrogens is 1. The lowest BCUT2D eigenvalue weighted by molar-refractivity contribution is 0.170. The highest BCUT2D eigenvalue weighted by atomic mass is 16.5. The lowest BCUT2D eigenvalue weighted by Gasteiger charge is -2.21. The number of hydrogen-bond donors (Lipinski definition) is 1. The van der Waals surface area contributed by atoms with Crippen molar-refractivity contribution in [3.63, 3.8) is 0 Å². The van der Waals surface area contributed by atoms with Gasteiger partial charge in [0.25, 0.3) is 0 Å². The minimum atomic E-state index is 0.377. The molecule has 3 heteroatoms. The van der Waals surface area contributed by atoms with Crippen LogP contribution in [0.1, 0.15) is 23.7 Å².